The highest BCUT2D eigenvalue weighted by atomic mass is 16.3. The Bertz CT molecular complexity index is 272. The van der Waals surface area contributed by atoms with Crippen molar-refractivity contribution in [1.82, 2.24) is 9.78 Å². The zero-order valence-corrected chi connectivity index (χ0v) is 6.72. The van der Waals surface area contributed by atoms with E-state index in [-0.39, 0.29) is 17.9 Å². The second-order valence-corrected chi connectivity index (χ2v) is 3.24. The van der Waals surface area contributed by atoms with Gasteiger partial charge in [-0.3, -0.25) is 4.68 Å². The first kappa shape index (κ1) is 7.61. The van der Waals surface area contributed by atoms with Crippen molar-refractivity contribution in [2.24, 2.45) is 0 Å². The average molecular weight is 168 g/mol. The van der Waals surface area contributed by atoms with E-state index < -0.39 is 0 Å². The summed E-state index contributed by atoms with van der Waals surface area (Å²) in [6.07, 6.45) is 5.47. The standard InChI is InChI=1S/C8H12N2O2/c11-6-4-9-10(5-6)7-2-1-3-8(7)12/h4-5,7-8,11-12H,1-3H2. The molecule has 1 aliphatic rings. The van der Waals surface area contributed by atoms with Gasteiger partial charge < -0.3 is 10.2 Å². The highest BCUT2D eigenvalue weighted by Gasteiger charge is 2.27. The molecule has 0 bridgehead atoms. The van der Waals surface area contributed by atoms with Gasteiger partial charge in [0.25, 0.3) is 0 Å². The minimum atomic E-state index is -0.302. The SMILES string of the molecule is Oc1cnn(C2CCCC2O)c1. The van der Waals surface area contributed by atoms with Crippen LogP contribution >= 0.6 is 0 Å². The summed E-state index contributed by atoms with van der Waals surface area (Å²) in [6, 6.07) is 0.0610. The summed E-state index contributed by atoms with van der Waals surface area (Å²) in [5, 5.41) is 22.5. The third-order valence-corrected chi connectivity index (χ3v) is 2.37. The van der Waals surface area contributed by atoms with Gasteiger partial charge in [0.1, 0.15) is 0 Å². The van der Waals surface area contributed by atoms with E-state index in [9.17, 15) is 5.11 Å². The predicted octanol–water partition coefficient (Wildman–Crippen LogP) is 0.675. The first-order valence-electron chi connectivity index (χ1n) is 4.18. The van der Waals surface area contributed by atoms with E-state index in [2.05, 4.69) is 5.10 Å². The molecule has 1 aromatic heterocycles. The smallest absolute Gasteiger partial charge is 0.153 e. The number of aliphatic hydroxyl groups excluding tert-OH is 1. The monoisotopic (exact) mass is 168 g/mol. The molecule has 1 aliphatic carbocycles. The maximum atomic E-state index is 9.51. The Morgan fingerprint density at radius 3 is 2.83 bits per heavy atom. The number of rotatable bonds is 1. The predicted molar refractivity (Wildman–Crippen MR) is 42.8 cm³/mol. The van der Waals surface area contributed by atoms with Crippen molar-refractivity contribution in [3.8, 4) is 5.75 Å². The Kier molecular flexibility index (Phi) is 1.77. The van der Waals surface area contributed by atoms with Gasteiger partial charge in [0.05, 0.1) is 24.5 Å². The third kappa shape index (κ3) is 1.18. The highest BCUT2D eigenvalue weighted by molar-refractivity contribution is 5.09. The van der Waals surface area contributed by atoms with Gasteiger partial charge in [-0.05, 0) is 19.3 Å². The molecule has 12 heavy (non-hydrogen) atoms. The van der Waals surface area contributed by atoms with Crippen molar-refractivity contribution < 1.29 is 10.2 Å². The van der Waals surface area contributed by atoms with Gasteiger partial charge in [0, 0.05) is 0 Å². The zero-order valence-electron chi connectivity index (χ0n) is 6.72. The van der Waals surface area contributed by atoms with Crippen LogP contribution in [0, 0.1) is 0 Å². The second kappa shape index (κ2) is 2.79. The fraction of sp³-hybridized carbons (Fsp3) is 0.625. The van der Waals surface area contributed by atoms with E-state index in [4.69, 9.17) is 5.11 Å². The number of aromatic nitrogens is 2. The molecule has 1 fully saturated rings. The Balaban J connectivity index is 2.19. The molecule has 1 saturated carbocycles. The number of hydrogen-bond acceptors (Lipinski definition) is 3. The molecule has 1 aromatic rings. The van der Waals surface area contributed by atoms with Gasteiger partial charge in [-0.15, -0.1) is 0 Å². The average Bonchev–Trinajstić information content (AvgIpc) is 2.58. The lowest BCUT2D eigenvalue weighted by molar-refractivity contribution is 0.130. The summed E-state index contributed by atoms with van der Waals surface area (Å²) >= 11 is 0. The lowest BCUT2D eigenvalue weighted by atomic mass is 10.2. The molecule has 2 atom stereocenters. The van der Waals surface area contributed by atoms with Gasteiger partial charge in [0.15, 0.2) is 5.75 Å². The quantitative estimate of drug-likeness (QED) is 0.648. The van der Waals surface area contributed by atoms with Gasteiger partial charge >= 0.3 is 0 Å². The van der Waals surface area contributed by atoms with E-state index in [0.717, 1.165) is 19.3 Å². The van der Waals surface area contributed by atoms with Gasteiger partial charge in [0.2, 0.25) is 0 Å². The third-order valence-electron chi connectivity index (χ3n) is 2.37. The Morgan fingerprint density at radius 1 is 1.50 bits per heavy atom. The lowest BCUT2D eigenvalue weighted by Gasteiger charge is -2.13. The van der Waals surface area contributed by atoms with Crippen molar-refractivity contribution in [3.63, 3.8) is 0 Å². The normalized spacial score (nSPS) is 29.4. The summed E-state index contributed by atoms with van der Waals surface area (Å²) in [5.74, 6) is 0.161. The van der Waals surface area contributed by atoms with Gasteiger partial charge in [-0.2, -0.15) is 5.10 Å². The van der Waals surface area contributed by atoms with Crippen LogP contribution < -0.4 is 0 Å². The summed E-state index contributed by atoms with van der Waals surface area (Å²) in [6.45, 7) is 0. The van der Waals surface area contributed by atoms with E-state index in [0.29, 0.717) is 0 Å². The second-order valence-electron chi connectivity index (χ2n) is 3.24. The van der Waals surface area contributed by atoms with Crippen molar-refractivity contribution in [1.29, 1.82) is 0 Å². The van der Waals surface area contributed by atoms with E-state index in [1.54, 1.807) is 10.9 Å². The lowest BCUT2D eigenvalue weighted by Crippen LogP contribution is -2.18. The molecule has 2 N–H and O–H groups in total. The highest BCUT2D eigenvalue weighted by Crippen LogP contribution is 2.30. The van der Waals surface area contributed by atoms with E-state index >= 15 is 0 Å². The molecule has 0 aliphatic heterocycles. The molecule has 0 aromatic carbocycles. The molecule has 4 heteroatoms. The minimum absolute atomic E-state index is 0.0610. The maximum Gasteiger partial charge on any atom is 0.153 e. The molecule has 0 radical (unpaired) electrons. The first-order valence-corrected chi connectivity index (χ1v) is 4.18. The molecule has 0 amide bonds. The molecule has 4 nitrogen and oxygen atoms in total. The molecule has 0 spiro atoms. The summed E-state index contributed by atoms with van der Waals surface area (Å²) in [4.78, 5) is 0. The van der Waals surface area contributed by atoms with Crippen LogP contribution in [0.2, 0.25) is 0 Å². The van der Waals surface area contributed by atoms with Crippen LogP contribution in [-0.4, -0.2) is 26.1 Å². The van der Waals surface area contributed by atoms with Crippen LogP contribution in [0.1, 0.15) is 25.3 Å². The summed E-state index contributed by atoms with van der Waals surface area (Å²) in [5.41, 5.74) is 0. The fourth-order valence-electron chi connectivity index (χ4n) is 1.74. The Morgan fingerprint density at radius 2 is 2.33 bits per heavy atom. The molecular weight excluding hydrogens is 156 g/mol. The van der Waals surface area contributed by atoms with Crippen LogP contribution in [0.4, 0.5) is 0 Å². The number of aliphatic hydroxyl groups is 1. The van der Waals surface area contributed by atoms with Gasteiger partial charge in [-0.25, -0.2) is 0 Å². The number of nitrogens with zero attached hydrogens (tertiary/aromatic N) is 2. The van der Waals surface area contributed by atoms with Gasteiger partial charge in [-0.1, -0.05) is 0 Å². The molecular formula is C8H12N2O2. The zero-order chi connectivity index (χ0) is 8.55. The molecule has 2 unspecified atom stereocenters. The largest absolute Gasteiger partial charge is 0.505 e. The summed E-state index contributed by atoms with van der Waals surface area (Å²) < 4.78 is 1.65. The maximum absolute atomic E-state index is 9.51. The van der Waals surface area contributed by atoms with Crippen LogP contribution in [0.3, 0.4) is 0 Å². The molecule has 1 heterocycles. The van der Waals surface area contributed by atoms with E-state index in [1.165, 1.54) is 6.20 Å². The van der Waals surface area contributed by atoms with Crippen LogP contribution in [0.25, 0.3) is 0 Å². The van der Waals surface area contributed by atoms with Crippen molar-refractivity contribution in [3.05, 3.63) is 12.4 Å². The molecule has 0 saturated heterocycles. The number of aromatic hydroxyl groups is 1. The van der Waals surface area contributed by atoms with Crippen LogP contribution in [0.15, 0.2) is 12.4 Å². The van der Waals surface area contributed by atoms with Crippen molar-refractivity contribution >= 4 is 0 Å². The minimum Gasteiger partial charge on any atom is -0.505 e. The topological polar surface area (TPSA) is 58.3 Å². The fourth-order valence-corrected chi connectivity index (χ4v) is 1.74. The van der Waals surface area contributed by atoms with Crippen molar-refractivity contribution in [2.75, 3.05) is 0 Å². The van der Waals surface area contributed by atoms with E-state index in [1.807, 2.05) is 0 Å². The Hall–Kier alpha value is -1.03. The van der Waals surface area contributed by atoms with Crippen molar-refractivity contribution in [2.45, 2.75) is 31.4 Å². The number of hydrogen-bond donors (Lipinski definition) is 2. The molecule has 66 valence electrons. The first-order chi connectivity index (χ1) is 5.77. The summed E-state index contributed by atoms with van der Waals surface area (Å²) in [7, 11) is 0. The molecule has 2 rings (SSSR count). The Labute approximate surface area is 70.4 Å². The van der Waals surface area contributed by atoms with Crippen LogP contribution in [0.5, 0.6) is 5.75 Å². The van der Waals surface area contributed by atoms with Crippen LogP contribution in [-0.2, 0) is 0 Å².